The summed E-state index contributed by atoms with van der Waals surface area (Å²) in [6.45, 7) is 10.2. The summed E-state index contributed by atoms with van der Waals surface area (Å²) < 4.78 is 6.07. The van der Waals surface area contributed by atoms with Crippen molar-refractivity contribution in [1.82, 2.24) is 0 Å². The van der Waals surface area contributed by atoms with Crippen molar-refractivity contribution in [2.75, 3.05) is 0 Å². The number of phenols is 1. The molecule has 0 saturated heterocycles. The molecule has 3 aromatic carbocycles. The van der Waals surface area contributed by atoms with Crippen molar-refractivity contribution in [3.8, 4) is 17.6 Å². The van der Waals surface area contributed by atoms with Gasteiger partial charge in [0.25, 0.3) is 0 Å². The number of allylic oxidation sites excluding steroid dienone is 2. The highest BCUT2D eigenvalue weighted by Gasteiger charge is 2.10. The highest BCUT2D eigenvalue weighted by Crippen LogP contribution is 2.31. The first-order chi connectivity index (χ1) is 14.4. The summed E-state index contributed by atoms with van der Waals surface area (Å²) in [6, 6.07) is 20.0. The second kappa shape index (κ2) is 9.17. The van der Waals surface area contributed by atoms with Crippen LogP contribution in [-0.4, -0.2) is 5.11 Å². The number of phenolic OH excluding ortho intramolecular Hbond substituents is 1. The third-order valence-corrected chi connectivity index (χ3v) is 4.75. The van der Waals surface area contributed by atoms with Crippen LogP contribution in [0.4, 0.5) is 0 Å². The van der Waals surface area contributed by atoms with E-state index in [9.17, 15) is 5.11 Å². The summed E-state index contributed by atoms with van der Waals surface area (Å²) in [5, 5.41) is 19.4. The van der Waals surface area contributed by atoms with Gasteiger partial charge in [-0.3, -0.25) is 0 Å². The molecule has 1 N–H and O–H groups in total. The quantitative estimate of drug-likeness (QED) is 0.349. The van der Waals surface area contributed by atoms with E-state index in [-0.39, 0.29) is 11.3 Å². The molecule has 0 aromatic heterocycles. The van der Waals surface area contributed by atoms with E-state index in [2.05, 4.69) is 13.2 Å². The van der Waals surface area contributed by atoms with E-state index in [4.69, 9.17) is 21.6 Å². The minimum Gasteiger partial charge on any atom is -0.507 e. The lowest BCUT2D eigenvalue weighted by Gasteiger charge is -2.14. The minimum atomic E-state index is -0.0520. The summed E-state index contributed by atoms with van der Waals surface area (Å²) in [6.07, 6.45) is 3.66. The molecule has 0 bridgehead atoms. The lowest BCUT2D eigenvalue weighted by Crippen LogP contribution is -1.97. The van der Waals surface area contributed by atoms with Gasteiger partial charge in [0.15, 0.2) is 0 Å². The lowest BCUT2D eigenvalue weighted by atomic mass is 10.0. The van der Waals surface area contributed by atoms with E-state index in [1.807, 2.05) is 55.5 Å². The van der Waals surface area contributed by atoms with Gasteiger partial charge >= 0.3 is 0 Å². The normalized spacial score (nSPS) is 10.6. The van der Waals surface area contributed by atoms with Gasteiger partial charge in [0.1, 0.15) is 23.3 Å². The highest BCUT2D eigenvalue weighted by molar-refractivity contribution is 6.30. The molecule has 0 amide bonds. The third kappa shape index (κ3) is 5.00. The average molecular weight is 414 g/mol. The molecule has 4 heteroatoms. The van der Waals surface area contributed by atoms with Gasteiger partial charge in [-0.2, -0.15) is 5.26 Å². The van der Waals surface area contributed by atoms with Gasteiger partial charge < -0.3 is 9.84 Å². The van der Waals surface area contributed by atoms with Crippen LogP contribution >= 0.6 is 11.6 Å². The Balaban J connectivity index is 1.84. The van der Waals surface area contributed by atoms with Gasteiger partial charge in [-0.1, -0.05) is 55.1 Å². The minimum absolute atomic E-state index is 0.0520. The van der Waals surface area contributed by atoms with Crippen LogP contribution in [0.3, 0.4) is 0 Å². The largest absolute Gasteiger partial charge is 0.507 e. The van der Waals surface area contributed by atoms with E-state index in [1.54, 1.807) is 24.3 Å². The van der Waals surface area contributed by atoms with Gasteiger partial charge in [-0.05, 0) is 66.1 Å². The molecule has 0 aliphatic heterocycles. The van der Waals surface area contributed by atoms with E-state index in [0.717, 1.165) is 27.8 Å². The van der Waals surface area contributed by atoms with Crippen LogP contribution in [0.25, 0.3) is 17.4 Å². The maximum atomic E-state index is 9.86. The fourth-order valence-electron chi connectivity index (χ4n) is 2.84. The zero-order valence-electron chi connectivity index (χ0n) is 16.5. The maximum Gasteiger partial charge on any atom is 0.135 e. The average Bonchev–Trinajstić information content (AvgIpc) is 2.72. The second-order valence-electron chi connectivity index (χ2n) is 6.78. The predicted octanol–water partition coefficient (Wildman–Crippen LogP) is 7.00. The lowest BCUT2D eigenvalue weighted by molar-refractivity contribution is 0.473. The molecule has 0 unspecified atom stereocenters. The molecule has 0 radical (unpaired) electrons. The first kappa shape index (κ1) is 21.0. The monoisotopic (exact) mass is 413 g/mol. The number of nitriles is 1. The Morgan fingerprint density at radius 2 is 1.80 bits per heavy atom. The van der Waals surface area contributed by atoms with Crippen LogP contribution in [0.5, 0.6) is 11.5 Å². The Kier molecular flexibility index (Phi) is 6.41. The third-order valence-electron chi connectivity index (χ3n) is 4.50. The fourth-order valence-corrected chi connectivity index (χ4v) is 2.97. The van der Waals surface area contributed by atoms with Crippen LogP contribution in [0.1, 0.15) is 27.8 Å². The van der Waals surface area contributed by atoms with Crippen LogP contribution in [0.2, 0.25) is 5.02 Å². The zero-order valence-corrected chi connectivity index (χ0v) is 17.3. The van der Waals surface area contributed by atoms with E-state index in [0.29, 0.717) is 16.5 Å². The topological polar surface area (TPSA) is 53.2 Å². The zero-order chi connectivity index (χ0) is 21.7. The molecule has 0 heterocycles. The molecule has 0 atom stereocenters. The molecule has 0 saturated carbocycles. The molecule has 3 rings (SSSR count). The second-order valence-corrected chi connectivity index (χ2v) is 7.22. The van der Waals surface area contributed by atoms with Crippen LogP contribution in [-0.2, 0) is 0 Å². The molecule has 30 heavy (non-hydrogen) atoms. The number of hydrogen-bond acceptors (Lipinski definition) is 3. The van der Waals surface area contributed by atoms with E-state index >= 15 is 0 Å². The van der Waals surface area contributed by atoms with E-state index in [1.165, 1.54) is 6.07 Å². The van der Waals surface area contributed by atoms with Crippen molar-refractivity contribution >= 4 is 29.0 Å². The Hall–Kier alpha value is -3.74. The van der Waals surface area contributed by atoms with Crippen LogP contribution in [0, 0.1) is 18.3 Å². The Labute approximate surface area is 181 Å². The predicted molar refractivity (Wildman–Crippen MR) is 123 cm³/mol. The van der Waals surface area contributed by atoms with Crippen molar-refractivity contribution in [1.29, 1.82) is 5.26 Å². The van der Waals surface area contributed by atoms with E-state index < -0.39 is 0 Å². The summed E-state index contributed by atoms with van der Waals surface area (Å²) >= 11 is 5.95. The summed E-state index contributed by atoms with van der Waals surface area (Å²) in [7, 11) is 0. The Bertz CT molecular complexity index is 1180. The van der Waals surface area contributed by atoms with Gasteiger partial charge in [0.2, 0.25) is 0 Å². The number of benzene rings is 3. The van der Waals surface area contributed by atoms with Gasteiger partial charge in [0.05, 0.1) is 5.56 Å². The van der Waals surface area contributed by atoms with Crippen molar-refractivity contribution in [3.63, 3.8) is 0 Å². The van der Waals surface area contributed by atoms with Gasteiger partial charge in [-0.25, -0.2) is 0 Å². The molecular weight excluding hydrogens is 394 g/mol. The first-order valence-corrected chi connectivity index (χ1v) is 9.59. The van der Waals surface area contributed by atoms with Crippen LogP contribution < -0.4 is 4.74 Å². The first-order valence-electron chi connectivity index (χ1n) is 9.21. The summed E-state index contributed by atoms with van der Waals surface area (Å²) in [4.78, 5) is 0. The molecule has 3 aromatic rings. The van der Waals surface area contributed by atoms with Crippen LogP contribution in [0.15, 0.2) is 79.9 Å². The van der Waals surface area contributed by atoms with Crippen molar-refractivity contribution in [2.24, 2.45) is 0 Å². The molecule has 0 fully saturated rings. The Morgan fingerprint density at radius 1 is 1.07 bits per heavy atom. The number of halogens is 1. The molecule has 0 spiro atoms. The standard InChI is InChI=1S/C26H20ClNO2/c1-17-4-13-24(18(2)5-6-20-7-8-22(16-28)25(29)15-20)26(14-17)30-19(3)21-9-11-23(27)12-10-21/h4-15,29H,2-3H2,1H3/b6-5+. The fraction of sp³-hybridized carbons (Fsp3) is 0.0385. The molecule has 0 aliphatic carbocycles. The Morgan fingerprint density at radius 3 is 2.47 bits per heavy atom. The number of ether oxygens (including phenoxy) is 1. The molecule has 0 aliphatic rings. The number of rotatable bonds is 6. The number of nitrogens with zero attached hydrogens (tertiary/aromatic N) is 1. The molecule has 3 nitrogen and oxygen atoms in total. The SMILES string of the molecule is C=C(Oc1cc(C)ccc1C(=C)/C=C/c1ccc(C#N)c(O)c1)c1ccc(Cl)cc1. The maximum absolute atomic E-state index is 9.86. The van der Waals surface area contributed by atoms with Crippen molar-refractivity contribution in [3.05, 3.63) is 113 Å². The highest BCUT2D eigenvalue weighted by atomic mass is 35.5. The number of aromatic hydroxyl groups is 1. The van der Waals surface area contributed by atoms with Crippen molar-refractivity contribution < 1.29 is 9.84 Å². The van der Waals surface area contributed by atoms with Gasteiger partial charge in [0, 0.05) is 16.1 Å². The summed E-state index contributed by atoms with van der Waals surface area (Å²) in [5.41, 5.74) is 4.43. The van der Waals surface area contributed by atoms with Crippen molar-refractivity contribution in [2.45, 2.75) is 6.92 Å². The smallest absolute Gasteiger partial charge is 0.135 e. The molecular formula is C26H20ClNO2. The molecule has 148 valence electrons. The number of aryl methyl sites for hydroxylation is 1. The summed E-state index contributed by atoms with van der Waals surface area (Å²) in [5.74, 6) is 1.10. The number of hydrogen-bond donors (Lipinski definition) is 1. The van der Waals surface area contributed by atoms with Gasteiger partial charge in [-0.15, -0.1) is 0 Å².